The van der Waals surface area contributed by atoms with Crippen molar-refractivity contribution in [3.05, 3.63) is 66.0 Å². The summed E-state index contributed by atoms with van der Waals surface area (Å²) < 4.78 is 16.3. The van der Waals surface area contributed by atoms with Gasteiger partial charge in [0.05, 0.1) is 17.3 Å². The van der Waals surface area contributed by atoms with E-state index in [9.17, 15) is 9.18 Å². The van der Waals surface area contributed by atoms with Gasteiger partial charge in [-0.05, 0) is 63.1 Å². The van der Waals surface area contributed by atoms with Crippen LogP contribution in [-0.4, -0.2) is 45.9 Å². The number of halogens is 1. The monoisotopic (exact) mass is 406 g/mol. The highest BCUT2D eigenvalue weighted by Gasteiger charge is 2.24. The van der Waals surface area contributed by atoms with Gasteiger partial charge < -0.3 is 14.6 Å². The van der Waals surface area contributed by atoms with Crippen molar-refractivity contribution in [2.45, 2.75) is 33.2 Å². The number of nitrogens with zero attached hydrogens (tertiary/aromatic N) is 3. The minimum atomic E-state index is -0.412. The molecule has 0 unspecified atom stereocenters. The average molecular weight is 407 g/mol. The summed E-state index contributed by atoms with van der Waals surface area (Å²) in [6.45, 7) is 8.22. The van der Waals surface area contributed by atoms with E-state index < -0.39 is 5.82 Å². The Morgan fingerprint density at radius 3 is 2.83 bits per heavy atom. The molecule has 1 amide bonds. The molecule has 0 fully saturated rings. The number of hydrogen-bond acceptors (Lipinski definition) is 3. The summed E-state index contributed by atoms with van der Waals surface area (Å²) in [5.74, 6) is -0.572. The van der Waals surface area contributed by atoms with Gasteiger partial charge in [0.15, 0.2) is 0 Å². The van der Waals surface area contributed by atoms with Crippen molar-refractivity contribution in [2.24, 2.45) is 0 Å². The van der Waals surface area contributed by atoms with Crippen molar-refractivity contribution < 1.29 is 9.18 Å². The number of hydrogen-bond donors (Lipinski definition) is 1. The molecule has 0 radical (unpaired) electrons. The number of rotatable bonds is 5. The van der Waals surface area contributed by atoms with E-state index in [4.69, 9.17) is 0 Å². The molecule has 0 aliphatic carbocycles. The highest BCUT2D eigenvalue weighted by Crippen LogP contribution is 2.35. The molecule has 0 saturated carbocycles. The van der Waals surface area contributed by atoms with Crippen LogP contribution in [0.15, 0.2) is 48.9 Å². The Morgan fingerprint density at radius 1 is 1.30 bits per heavy atom. The van der Waals surface area contributed by atoms with Crippen LogP contribution in [0, 0.1) is 5.82 Å². The minimum absolute atomic E-state index is 0.0292. The van der Waals surface area contributed by atoms with E-state index in [1.165, 1.54) is 17.7 Å². The Labute approximate surface area is 176 Å². The number of fused-ring (bicyclic) bond motifs is 1. The SMILES string of the molecule is CCN(C(=O)c1cc(F)ccc1-c1cc(C2=CCNCC2)n2ccncc12)C(C)C. The highest BCUT2D eigenvalue weighted by atomic mass is 19.1. The lowest BCUT2D eigenvalue weighted by molar-refractivity contribution is 0.0717. The first-order chi connectivity index (χ1) is 14.5. The first kappa shape index (κ1) is 20.3. The molecule has 2 aromatic heterocycles. The third kappa shape index (κ3) is 3.63. The smallest absolute Gasteiger partial charge is 0.254 e. The van der Waals surface area contributed by atoms with E-state index in [1.54, 1.807) is 23.4 Å². The first-order valence-electron chi connectivity index (χ1n) is 10.5. The van der Waals surface area contributed by atoms with Gasteiger partial charge in [0.2, 0.25) is 0 Å². The van der Waals surface area contributed by atoms with Crippen molar-refractivity contribution in [3.8, 4) is 11.1 Å². The van der Waals surface area contributed by atoms with Crippen molar-refractivity contribution in [2.75, 3.05) is 19.6 Å². The maximum Gasteiger partial charge on any atom is 0.254 e. The van der Waals surface area contributed by atoms with Gasteiger partial charge in [0, 0.05) is 42.8 Å². The standard InChI is InChI=1S/C24H27FN4O/c1-4-28(16(2)3)24(30)21-13-18(25)5-6-19(21)20-14-22(17-7-9-26-10-8-17)29-12-11-27-15-23(20)29/h5-7,11-16,26H,4,8-10H2,1-3H3. The maximum absolute atomic E-state index is 14.2. The van der Waals surface area contributed by atoms with Gasteiger partial charge in [-0.2, -0.15) is 0 Å². The molecule has 1 aromatic carbocycles. The van der Waals surface area contributed by atoms with E-state index in [0.717, 1.165) is 41.8 Å². The van der Waals surface area contributed by atoms with E-state index in [-0.39, 0.29) is 11.9 Å². The summed E-state index contributed by atoms with van der Waals surface area (Å²) in [6.07, 6.45) is 8.63. The molecule has 30 heavy (non-hydrogen) atoms. The van der Waals surface area contributed by atoms with Crippen LogP contribution >= 0.6 is 0 Å². The Morgan fingerprint density at radius 2 is 2.13 bits per heavy atom. The molecule has 4 rings (SSSR count). The zero-order valence-electron chi connectivity index (χ0n) is 17.7. The fraction of sp³-hybridized carbons (Fsp3) is 0.333. The second kappa shape index (κ2) is 8.40. The molecule has 3 aromatic rings. The van der Waals surface area contributed by atoms with Crippen molar-refractivity contribution in [1.29, 1.82) is 0 Å². The summed E-state index contributed by atoms with van der Waals surface area (Å²) in [5, 5.41) is 3.34. The zero-order valence-corrected chi connectivity index (χ0v) is 17.7. The van der Waals surface area contributed by atoms with E-state index >= 15 is 0 Å². The molecule has 156 valence electrons. The van der Waals surface area contributed by atoms with Crippen molar-refractivity contribution in [1.82, 2.24) is 19.6 Å². The van der Waals surface area contributed by atoms with Gasteiger partial charge in [0.25, 0.3) is 5.91 Å². The molecular formula is C24H27FN4O. The topological polar surface area (TPSA) is 49.6 Å². The third-order valence-electron chi connectivity index (χ3n) is 5.69. The second-order valence-electron chi connectivity index (χ2n) is 7.83. The van der Waals surface area contributed by atoms with E-state index in [1.807, 2.05) is 27.0 Å². The van der Waals surface area contributed by atoms with Gasteiger partial charge in [-0.3, -0.25) is 9.78 Å². The van der Waals surface area contributed by atoms with Crippen LogP contribution in [0.2, 0.25) is 0 Å². The fourth-order valence-corrected chi connectivity index (χ4v) is 4.20. The summed E-state index contributed by atoms with van der Waals surface area (Å²) in [7, 11) is 0. The summed E-state index contributed by atoms with van der Waals surface area (Å²) in [4.78, 5) is 19.4. The van der Waals surface area contributed by atoms with Gasteiger partial charge in [-0.15, -0.1) is 0 Å². The van der Waals surface area contributed by atoms with Crippen molar-refractivity contribution in [3.63, 3.8) is 0 Å². The van der Waals surface area contributed by atoms with Crippen LogP contribution < -0.4 is 5.32 Å². The van der Waals surface area contributed by atoms with E-state index in [0.29, 0.717) is 12.1 Å². The number of aromatic nitrogens is 2. The Kier molecular flexibility index (Phi) is 5.68. The first-order valence-corrected chi connectivity index (χ1v) is 10.5. The van der Waals surface area contributed by atoms with Gasteiger partial charge in [-0.1, -0.05) is 12.1 Å². The number of carbonyl (C=O) groups is 1. The Balaban J connectivity index is 1.91. The molecule has 5 nitrogen and oxygen atoms in total. The third-order valence-corrected chi connectivity index (χ3v) is 5.69. The molecule has 0 spiro atoms. The number of benzene rings is 1. The molecule has 1 aliphatic heterocycles. The maximum atomic E-state index is 14.2. The van der Waals surface area contributed by atoms with Crippen LogP contribution in [0.25, 0.3) is 22.2 Å². The van der Waals surface area contributed by atoms with Crippen LogP contribution in [0.3, 0.4) is 0 Å². The molecule has 0 atom stereocenters. The fourth-order valence-electron chi connectivity index (χ4n) is 4.20. The number of amides is 1. The molecule has 3 heterocycles. The largest absolute Gasteiger partial charge is 0.336 e. The summed E-state index contributed by atoms with van der Waals surface area (Å²) in [6, 6.07) is 6.61. The molecule has 0 bridgehead atoms. The Hall–Kier alpha value is -2.99. The lowest BCUT2D eigenvalue weighted by atomic mass is 9.98. The van der Waals surface area contributed by atoms with Gasteiger partial charge in [0.1, 0.15) is 5.82 Å². The van der Waals surface area contributed by atoms with Crippen LogP contribution in [0.1, 0.15) is 43.2 Å². The lowest BCUT2D eigenvalue weighted by Crippen LogP contribution is -2.37. The summed E-state index contributed by atoms with van der Waals surface area (Å²) >= 11 is 0. The van der Waals surface area contributed by atoms with E-state index in [2.05, 4.69) is 26.8 Å². The number of nitrogens with one attached hydrogen (secondary N) is 1. The normalized spacial score (nSPS) is 14.2. The quantitative estimate of drug-likeness (QED) is 0.684. The van der Waals surface area contributed by atoms with Crippen LogP contribution in [-0.2, 0) is 0 Å². The highest BCUT2D eigenvalue weighted by molar-refractivity contribution is 6.03. The Bertz CT molecular complexity index is 1120. The van der Waals surface area contributed by atoms with Gasteiger partial charge in [-0.25, -0.2) is 4.39 Å². The van der Waals surface area contributed by atoms with Crippen LogP contribution in [0.5, 0.6) is 0 Å². The summed E-state index contributed by atoms with van der Waals surface area (Å²) in [5.41, 5.74) is 5.25. The molecule has 6 heteroatoms. The van der Waals surface area contributed by atoms with Gasteiger partial charge >= 0.3 is 0 Å². The van der Waals surface area contributed by atoms with Crippen molar-refractivity contribution >= 4 is 17.0 Å². The molecule has 0 saturated heterocycles. The minimum Gasteiger partial charge on any atom is -0.336 e. The second-order valence-corrected chi connectivity index (χ2v) is 7.83. The molecular weight excluding hydrogens is 379 g/mol. The molecule has 1 N–H and O–H groups in total. The average Bonchev–Trinajstić information content (AvgIpc) is 3.14. The predicted molar refractivity (Wildman–Crippen MR) is 118 cm³/mol. The predicted octanol–water partition coefficient (Wildman–Crippen LogP) is 4.39. The van der Waals surface area contributed by atoms with Crippen LogP contribution in [0.4, 0.5) is 4.39 Å². The molecule has 1 aliphatic rings. The number of carbonyl (C=O) groups excluding carboxylic acids is 1. The lowest BCUT2D eigenvalue weighted by Gasteiger charge is -2.26. The zero-order chi connectivity index (χ0) is 21.3.